The van der Waals surface area contributed by atoms with Gasteiger partial charge in [-0.15, -0.1) is 0 Å². The summed E-state index contributed by atoms with van der Waals surface area (Å²) in [6.45, 7) is 9.31. The van der Waals surface area contributed by atoms with Crippen LogP contribution in [0.4, 0.5) is 11.5 Å². The van der Waals surface area contributed by atoms with E-state index in [4.69, 9.17) is 16.1 Å². The second kappa shape index (κ2) is 12.1. The molecule has 2 N–H and O–H groups in total. The summed E-state index contributed by atoms with van der Waals surface area (Å²) in [6, 6.07) is 15.0. The Labute approximate surface area is 222 Å². The average Bonchev–Trinajstić information content (AvgIpc) is 3.24. The van der Waals surface area contributed by atoms with E-state index < -0.39 is 11.6 Å². The first kappa shape index (κ1) is 27.9. The number of aryl methyl sites for hydroxylation is 2. The van der Waals surface area contributed by atoms with E-state index in [0.717, 1.165) is 5.56 Å². The summed E-state index contributed by atoms with van der Waals surface area (Å²) < 4.78 is 4.97. The molecule has 0 fully saturated rings. The summed E-state index contributed by atoms with van der Waals surface area (Å²) in [6.07, 6.45) is 0.401. The monoisotopic (exact) mass is 524 g/mol. The predicted octanol–water partition coefficient (Wildman–Crippen LogP) is 5.61. The number of hydrogen-bond acceptors (Lipinski definition) is 5. The Morgan fingerprint density at radius 1 is 1.05 bits per heavy atom. The topological polar surface area (TPSA) is 105 Å². The number of hydrogen-bond donors (Lipinski definition) is 2. The van der Waals surface area contributed by atoms with Crippen LogP contribution >= 0.6 is 11.6 Å². The van der Waals surface area contributed by atoms with Crippen molar-refractivity contribution in [2.45, 2.75) is 65.5 Å². The quantitative estimate of drug-likeness (QED) is 0.378. The van der Waals surface area contributed by atoms with Gasteiger partial charge in [0.2, 0.25) is 17.7 Å². The first-order valence-electron chi connectivity index (χ1n) is 12.2. The van der Waals surface area contributed by atoms with Gasteiger partial charge in [0.05, 0.1) is 0 Å². The van der Waals surface area contributed by atoms with Crippen LogP contribution in [0.3, 0.4) is 0 Å². The second-order valence-corrected chi connectivity index (χ2v) is 10.2. The van der Waals surface area contributed by atoms with E-state index in [0.29, 0.717) is 28.5 Å². The fourth-order valence-corrected chi connectivity index (χ4v) is 4.21. The largest absolute Gasteiger partial charge is 0.360 e. The van der Waals surface area contributed by atoms with E-state index in [1.54, 1.807) is 37.3 Å². The number of aromatic nitrogens is 1. The highest BCUT2D eigenvalue weighted by atomic mass is 35.5. The van der Waals surface area contributed by atoms with Gasteiger partial charge in [0, 0.05) is 40.7 Å². The average molecular weight is 525 g/mol. The zero-order valence-corrected chi connectivity index (χ0v) is 22.6. The number of rotatable bonds is 9. The number of halogens is 1. The molecule has 1 heterocycles. The number of nitrogens with zero attached hydrogens (tertiary/aromatic N) is 2. The molecule has 1 aromatic heterocycles. The molecule has 0 bridgehead atoms. The Bertz CT molecular complexity index is 1260. The minimum atomic E-state index is -1.05. The molecule has 8 nitrogen and oxygen atoms in total. The fourth-order valence-electron chi connectivity index (χ4n) is 3.97. The van der Waals surface area contributed by atoms with Crippen molar-refractivity contribution in [3.63, 3.8) is 0 Å². The van der Waals surface area contributed by atoms with Gasteiger partial charge in [-0.1, -0.05) is 60.1 Å². The molecule has 9 heteroatoms. The molecular formula is C28H33ClN4O4. The molecule has 2 aromatic carbocycles. The molecule has 1 atom stereocenters. The summed E-state index contributed by atoms with van der Waals surface area (Å²) >= 11 is 6.57. The lowest BCUT2D eigenvalue weighted by Crippen LogP contribution is -2.50. The molecule has 0 saturated heterocycles. The van der Waals surface area contributed by atoms with Crippen LogP contribution in [0.25, 0.3) is 0 Å². The summed E-state index contributed by atoms with van der Waals surface area (Å²) in [4.78, 5) is 41.6. The van der Waals surface area contributed by atoms with Gasteiger partial charge in [0.25, 0.3) is 0 Å². The van der Waals surface area contributed by atoms with Crippen molar-refractivity contribution in [2.75, 3.05) is 10.2 Å². The minimum absolute atomic E-state index is 0.105. The molecular weight excluding hydrogens is 492 g/mol. The van der Waals surface area contributed by atoms with Crippen LogP contribution in [0.2, 0.25) is 5.02 Å². The van der Waals surface area contributed by atoms with Crippen molar-refractivity contribution in [3.05, 3.63) is 76.5 Å². The van der Waals surface area contributed by atoms with Gasteiger partial charge in [-0.3, -0.25) is 19.3 Å². The maximum absolute atomic E-state index is 13.9. The number of carbonyl (C=O) groups is 3. The van der Waals surface area contributed by atoms with Gasteiger partial charge < -0.3 is 15.2 Å². The van der Waals surface area contributed by atoms with Crippen molar-refractivity contribution in [1.29, 1.82) is 0 Å². The number of carbonyl (C=O) groups excluding carboxylic acids is 3. The maximum Gasteiger partial charge on any atom is 0.248 e. The summed E-state index contributed by atoms with van der Waals surface area (Å²) in [5.41, 5.74) is 1.42. The first-order chi connectivity index (χ1) is 17.5. The van der Waals surface area contributed by atoms with Crippen LogP contribution in [0, 0.1) is 6.92 Å². The van der Waals surface area contributed by atoms with Crippen molar-refractivity contribution < 1.29 is 18.9 Å². The first-order valence-corrected chi connectivity index (χ1v) is 12.6. The third-order valence-electron chi connectivity index (χ3n) is 5.57. The molecule has 0 spiro atoms. The molecule has 0 radical (unpaired) electrons. The van der Waals surface area contributed by atoms with Crippen LogP contribution in [0.5, 0.6) is 0 Å². The van der Waals surface area contributed by atoms with E-state index in [1.807, 2.05) is 52.0 Å². The van der Waals surface area contributed by atoms with E-state index in [1.165, 1.54) is 4.90 Å². The van der Waals surface area contributed by atoms with E-state index in [2.05, 4.69) is 15.8 Å². The van der Waals surface area contributed by atoms with E-state index in [9.17, 15) is 14.4 Å². The third kappa shape index (κ3) is 7.43. The molecule has 0 saturated carbocycles. The zero-order chi connectivity index (χ0) is 27.2. The molecule has 0 aliphatic rings. The number of benzene rings is 2. The normalized spacial score (nSPS) is 12.1. The Morgan fingerprint density at radius 2 is 1.73 bits per heavy atom. The van der Waals surface area contributed by atoms with Gasteiger partial charge >= 0.3 is 0 Å². The highest BCUT2D eigenvalue weighted by molar-refractivity contribution is 6.31. The summed E-state index contributed by atoms with van der Waals surface area (Å²) in [5.74, 6) is -0.314. The maximum atomic E-state index is 13.9. The molecule has 3 amide bonds. The fraction of sp³-hybridized carbons (Fsp3) is 0.357. The van der Waals surface area contributed by atoms with Crippen molar-refractivity contribution in [3.8, 4) is 0 Å². The second-order valence-electron chi connectivity index (χ2n) is 9.78. The standard InChI is InChI=1S/C28H33ClN4O4/c1-6-19-11-7-10-14-22(19)33(25(35)16-15-24(34)30-23-17-18(2)37-32-23)26(27(36)31-28(3,4)5)20-12-8-9-13-21(20)29/h7-14,17,26H,6,15-16H2,1-5H3,(H,31,36)(H,30,32,34)/t26-/m0/s1. The molecule has 0 aliphatic carbocycles. The van der Waals surface area contributed by atoms with Crippen LogP contribution in [0.1, 0.15) is 63.5 Å². The molecule has 37 heavy (non-hydrogen) atoms. The summed E-state index contributed by atoms with van der Waals surface area (Å²) in [7, 11) is 0. The van der Waals surface area contributed by atoms with Crippen molar-refractivity contribution >= 4 is 40.8 Å². The van der Waals surface area contributed by atoms with Crippen molar-refractivity contribution in [1.82, 2.24) is 10.5 Å². The molecule has 0 aliphatic heterocycles. The zero-order valence-electron chi connectivity index (χ0n) is 21.8. The number of nitrogens with one attached hydrogen (secondary N) is 2. The lowest BCUT2D eigenvalue weighted by atomic mass is 9.98. The minimum Gasteiger partial charge on any atom is -0.360 e. The Balaban J connectivity index is 2.01. The van der Waals surface area contributed by atoms with E-state index in [-0.39, 0.29) is 36.4 Å². The smallest absolute Gasteiger partial charge is 0.248 e. The number of amides is 3. The van der Waals surface area contributed by atoms with Crippen molar-refractivity contribution in [2.24, 2.45) is 0 Å². The van der Waals surface area contributed by atoms with Gasteiger partial charge in [0.1, 0.15) is 11.8 Å². The molecule has 0 unspecified atom stereocenters. The van der Waals surface area contributed by atoms with Gasteiger partial charge in [-0.2, -0.15) is 0 Å². The molecule has 196 valence electrons. The Morgan fingerprint density at radius 3 is 2.35 bits per heavy atom. The van der Waals surface area contributed by atoms with Crippen LogP contribution < -0.4 is 15.5 Å². The van der Waals surface area contributed by atoms with Gasteiger partial charge in [0.15, 0.2) is 5.82 Å². The Hall–Kier alpha value is -3.65. The Kier molecular flexibility index (Phi) is 9.10. The lowest BCUT2D eigenvalue weighted by Gasteiger charge is -2.35. The van der Waals surface area contributed by atoms with Crippen LogP contribution in [-0.2, 0) is 20.8 Å². The predicted molar refractivity (Wildman–Crippen MR) is 144 cm³/mol. The van der Waals surface area contributed by atoms with Gasteiger partial charge in [-0.05, 0) is 51.8 Å². The van der Waals surface area contributed by atoms with Crippen LogP contribution in [-0.4, -0.2) is 28.4 Å². The summed E-state index contributed by atoms with van der Waals surface area (Å²) in [5, 5.41) is 9.74. The third-order valence-corrected chi connectivity index (χ3v) is 5.91. The number of anilines is 2. The van der Waals surface area contributed by atoms with Crippen LogP contribution in [0.15, 0.2) is 59.1 Å². The molecule has 3 aromatic rings. The highest BCUT2D eigenvalue weighted by Gasteiger charge is 2.36. The molecule has 3 rings (SSSR count). The highest BCUT2D eigenvalue weighted by Crippen LogP contribution is 2.35. The lowest BCUT2D eigenvalue weighted by molar-refractivity contribution is -0.128. The van der Waals surface area contributed by atoms with Gasteiger partial charge in [-0.25, -0.2) is 0 Å². The van der Waals surface area contributed by atoms with E-state index >= 15 is 0 Å². The SMILES string of the molecule is CCc1ccccc1N(C(=O)CCC(=O)Nc1cc(C)on1)[C@H](C(=O)NC(C)(C)C)c1ccccc1Cl. The number of para-hydroxylation sites is 1.